The number of aromatic nitrogens is 2. The molecular weight excluding hydrogens is 174 g/mol. The summed E-state index contributed by atoms with van der Waals surface area (Å²) in [7, 11) is 0. The van der Waals surface area contributed by atoms with E-state index in [9.17, 15) is 0 Å². The molecule has 74 valence electrons. The average molecular weight is 189 g/mol. The Hall–Kier alpha value is -1.38. The van der Waals surface area contributed by atoms with Crippen LogP contribution in [0.3, 0.4) is 0 Å². The number of hydrogen-bond acceptors (Lipinski definition) is 3. The molecule has 2 atom stereocenters. The van der Waals surface area contributed by atoms with E-state index in [0.717, 1.165) is 23.1 Å². The Labute approximate surface area is 84.1 Å². The summed E-state index contributed by atoms with van der Waals surface area (Å²) in [5.41, 5.74) is 7.67. The smallest absolute Gasteiger partial charge is 0.134 e. The molecule has 1 heterocycles. The van der Waals surface area contributed by atoms with E-state index in [1.165, 1.54) is 12.7 Å². The molecule has 0 bridgehead atoms. The Morgan fingerprint density at radius 1 is 1.50 bits per heavy atom. The van der Waals surface area contributed by atoms with Gasteiger partial charge in [-0.1, -0.05) is 19.1 Å². The Balaban J connectivity index is 2.19. The highest BCUT2D eigenvalue weighted by molar-refractivity contribution is 5.62. The van der Waals surface area contributed by atoms with Crippen LogP contribution in [-0.2, 0) is 0 Å². The third kappa shape index (κ3) is 1.76. The normalized spacial score (nSPS) is 25.6. The zero-order chi connectivity index (χ0) is 10.1. The van der Waals surface area contributed by atoms with Crippen molar-refractivity contribution in [3.63, 3.8) is 0 Å². The Kier molecular flexibility index (Phi) is 2.23. The fraction of sp³-hybridized carbons (Fsp3) is 0.455. The number of nitrogens with zero attached hydrogens (tertiary/aromatic N) is 2. The molecule has 1 saturated carbocycles. The van der Waals surface area contributed by atoms with Gasteiger partial charge in [-0.2, -0.15) is 0 Å². The van der Waals surface area contributed by atoms with Gasteiger partial charge in [0.1, 0.15) is 12.1 Å². The van der Waals surface area contributed by atoms with Crippen molar-refractivity contribution in [3.8, 4) is 0 Å². The van der Waals surface area contributed by atoms with E-state index in [1.54, 1.807) is 0 Å². The molecule has 1 aliphatic rings. The molecule has 1 aliphatic carbocycles. The van der Waals surface area contributed by atoms with Crippen molar-refractivity contribution in [2.45, 2.75) is 20.3 Å². The minimum atomic E-state index is 0.571. The molecule has 1 aromatic heterocycles. The summed E-state index contributed by atoms with van der Waals surface area (Å²) in [6.45, 7) is 4.21. The summed E-state index contributed by atoms with van der Waals surface area (Å²) in [5, 5.41) is 0. The standard InChI is InChI=1S/C11H15N3/c1-7-5-9(7)3-4-10-8(2)13-6-14-11(10)12/h3-4,6-7,9H,5H2,1-2H3,(H2,12,13,14)/b4-3-. The number of allylic oxidation sites excluding steroid dienone is 1. The van der Waals surface area contributed by atoms with Gasteiger partial charge in [0.05, 0.1) is 5.69 Å². The van der Waals surface area contributed by atoms with Crippen LogP contribution in [-0.4, -0.2) is 9.97 Å². The molecule has 3 nitrogen and oxygen atoms in total. The monoisotopic (exact) mass is 189 g/mol. The molecule has 0 saturated heterocycles. The first kappa shape index (κ1) is 9.19. The summed E-state index contributed by atoms with van der Waals surface area (Å²) in [4.78, 5) is 8.09. The Morgan fingerprint density at radius 3 is 2.79 bits per heavy atom. The van der Waals surface area contributed by atoms with Crippen molar-refractivity contribution in [1.29, 1.82) is 0 Å². The number of aryl methyl sites for hydroxylation is 1. The van der Waals surface area contributed by atoms with Gasteiger partial charge in [-0.3, -0.25) is 0 Å². The van der Waals surface area contributed by atoms with Crippen LogP contribution in [0.5, 0.6) is 0 Å². The third-order valence-corrected chi connectivity index (χ3v) is 2.80. The van der Waals surface area contributed by atoms with Crippen molar-refractivity contribution in [2.24, 2.45) is 11.8 Å². The van der Waals surface area contributed by atoms with E-state index < -0.39 is 0 Å². The summed E-state index contributed by atoms with van der Waals surface area (Å²) in [6, 6.07) is 0. The fourth-order valence-electron chi connectivity index (χ4n) is 1.55. The number of nitrogen functional groups attached to an aromatic ring is 1. The zero-order valence-electron chi connectivity index (χ0n) is 8.57. The highest BCUT2D eigenvalue weighted by Gasteiger charge is 2.29. The zero-order valence-corrected chi connectivity index (χ0v) is 8.57. The van der Waals surface area contributed by atoms with Crippen molar-refractivity contribution in [2.75, 3.05) is 5.73 Å². The van der Waals surface area contributed by atoms with E-state index in [4.69, 9.17) is 5.73 Å². The van der Waals surface area contributed by atoms with Gasteiger partial charge < -0.3 is 5.73 Å². The maximum absolute atomic E-state index is 5.76. The lowest BCUT2D eigenvalue weighted by Crippen LogP contribution is -1.98. The second-order valence-corrected chi connectivity index (χ2v) is 3.99. The molecule has 1 aromatic rings. The number of hydrogen-bond donors (Lipinski definition) is 1. The maximum atomic E-state index is 5.76. The van der Waals surface area contributed by atoms with Crippen molar-refractivity contribution in [3.05, 3.63) is 23.7 Å². The first-order chi connectivity index (χ1) is 6.68. The van der Waals surface area contributed by atoms with Gasteiger partial charge in [0, 0.05) is 5.56 Å². The lowest BCUT2D eigenvalue weighted by Gasteiger charge is -2.01. The van der Waals surface area contributed by atoms with Crippen molar-refractivity contribution >= 4 is 11.9 Å². The van der Waals surface area contributed by atoms with Gasteiger partial charge in [0.2, 0.25) is 0 Å². The van der Waals surface area contributed by atoms with Crippen LogP contribution in [0.4, 0.5) is 5.82 Å². The van der Waals surface area contributed by atoms with Gasteiger partial charge in [-0.25, -0.2) is 9.97 Å². The van der Waals surface area contributed by atoms with Gasteiger partial charge in [-0.15, -0.1) is 0 Å². The molecule has 0 spiro atoms. The Bertz CT molecular complexity index is 351. The van der Waals surface area contributed by atoms with Crippen LogP contribution < -0.4 is 5.73 Å². The molecule has 2 unspecified atom stereocenters. The van der Waals surface area contributed by atoms with Crippen molar-refractivity contribution < 1.29 is 0 Å². The Morgan fingerprint density at radius 2 is 2.21 bits per heavy atom. The first-order valence-corrected chi connectivity index (χ1v) is 4.93. The average Bonchev–Trinajstić information content (AvgIpc) is 2.81. The molecule has 3 heteroatoms. The molecule has 0 amide bonds. The molecule has 0 radical (unpaired) electrons. The number of anilines is 1. The largest absolute Gasteiger partial charge is 0.383 e. The number of nitrogens with two attached hydrogens (primary N) is 1. The summed E-state index contributed by atoms with van der Waals surface area (Å²) >= 11 is 0. The van der Waals surface area contributed by atoms with Crippen LogP contribution in [0.1, 0.15) is 24.6 Å². The SMILES string of the molecule is Cc1ncnc(N)c1/C=C\C1CC1C. The van der Waals surface area contributed by atoms with Crippen LogP contribution in [0, 0.1) is 18.8 Å². The van der Waals surface area contributed by atoms with Crippen LogP contribution in [0.25, 0.3) is 6.08 Å². The fourth-order valence-corrected chi connectivity index (χ4v) is 1.55. The predicted octanol–water partition coefficient (Wildman–Crippen LogP) is 2.04. The van der Waals surface area contributed by atoms with Crippen LogP contribution >= 0.6 is 0 Å². The summed E-state index contributed by atoms with van der Waals surface area (Å²) in [5.74, 6) is 2.13. The topological polar surface area (TPSA) is 51.8 Å². The third-order valence-electron chi connectivity index (χ3n) is 2.80. The molecular formula is C11H15N3. The number of rotatable bonds is 2. The molecule has 0 aliphatic heterocycles. The maximum Gasteiger partial charge on any atom is 0.134 e. The highest BCUT2D eigenvalue weighted by Crippen LogP contribution is 2.39. The van der Waals surface area contributed by atoms with Gasteiger partial charge in [0.15, 0.2) is 0 Å². The van der Waals surface area contributed by atoms with Gasteiger partial charge >= 0.3 is 0 Å². The lowest BCUT2D eigenvalue weighted by atomic mass is 10.2. The molecule has 2 N–H and O–H groups in total. The molecule has 0 aromatic carbocycles. The minimum absolute atomic E-state index is 0.571. The van der Waals surface area contributed by atoms with E-state index >= 15 is 0 Å². The minimum Gasteiger partial charge on any atom is -0.383 e. The molecule has 1 fully saturated rings. The summed E-state index contributed by atoms with van der Waals surface area (Å²) < 4.78 is 0. The predicted molar refractivity (Wildman–Crippen MR) is 57.5 cm³/mol. The first-order valence-electron chi connectivity index (χ1n) is 4.93. The van der Waals surface area contributed by atoms with Crippen LogP contribution in [0.15, 0.2) is 12.4 Å². The summed E-state index contributed by atoms with van der Waals surface area (Å²) in [6.07, 6.45) is 7.07. The second-order valence-electron chi connectivity index (χ2n) is 3.99. The van der Waals surface area contributed by atoms with E-state index in [1.807, 2.05) is 6.92 Å². The molecule has 14 heavy (non-hydrogen) atoms. The van der Waals surface area contributed by atoms with E-state index in [2.05, 4.69) is 29.0 Å². The lowest BCUT2D eigenvalue weighted by molar-refractivity contribution is 0.901. The van der Waals surface area contributed by atoms with Crippen molar-refractivity contribution in [1.82, 2.24) is 9.97 Å². The van der Waals surface area contributed by atoms with E-state index in [-0.39, 0.29) is 0 Å². The van der Waals surface area contributed by atoms with Gasteiger partial charge in [-0.05, 0) is 25.2 Å². The van der Waals surface area contributed by atoms with Gasteiger partial charge in [0.25, 0.3) is 0 Å². The van der Waals surface area contributed by atoms with E-state index in [0.29, 0.717) is 5.82 Å². The molecule has 2 rings (SSSR count). The van der Waals surface area contributed by atoms with Crippen LogP contribution in [0.2, 0.25) is 0 Å². The second kappa shape index (κ2) is 3.40. The highest BCUT2D eigenvalue weighted by atomic mass is 14.9. The quantitative estimate of drug-likeness (QED) is 0.774.